The second kappa shape index (κ2) is 5.91. The van der Waals surface area contributed by atoms with Gasteiger partial charge in [-0.05, 0) is 40.2 Å². The molecule has 0 bridgehead atoms. The summed E-state index contributed by atoms with van der Waals surface area (Å²) >= 11 is 9.77. The third kappa shape index (κ3) is 3.54. The lowest BCUT2D eigenvalue weighted by atomic mass is 10.2. The van der Waals surface area contributed by atoms with Crippen LogP contribution in [0.3, 0.4) is 0 Å². The van der Waals surface area contributed by atoms with Crippen molar-refractivity contribution in [1.82, 2.24) is 0 Å². The zero-order valence-electron chi connectivity index (χ0n) is 9.93. The van der Waals surface area contributed by atoms with Gasteiger partial charge in [-0.25, -0.2) is 17.6 Å². The van der Waals surface area contributed by atoms with Crippen molar-refractivity contribution in [3.8, 4) is 0 Å². The highest BCUT2D eigenvalue weighted by Gasteiger charge is 2.20. The van der Waals surface area contributed by atoms with Crippen molar-refractivity contribution in [2.24, 2.45) is 0 Å². The first kappa shape index (κ1) is 16.2. The van der Waals surface area contributed by atoms with Gasteiger partial charge in [0, 0.05) is 5.69 Å². The molecule has 0 amide bonds. The van der Waals surface area contributed by atoms with Crippen molar-refractivity contribution in [2.45, 2.75) is 4.21 Å². The molecule has 0 spiro atoms. The van der Waals surface area contributed by atoms with Gasteiger partial charge in [-0.15, -0.1) is 11.3 Å². The van der Waals surface area contributed by atoms with E-state index in [4.69, 9.17) is 16.7 Å². The van der Waals surface area contributed by atoms with Gasteiger partial charge in [-0.3, -0.25) is 4.72 Å². The monoisotopic (exact) mass is 413 g/mol. The maximum atomic E-state index is 13.3. The van der Waals surface area contributed by atoms with E-state index in [1.54, 1.807) is 0 Å². The molecular weight excluding hydrogens is 409 g/mol. The van der Waals surface area contributed by atoms with Crippen LogP contribution in [0.5, 0.6) is 0 Å². The third-order valence-electron chi connectivity index (χ3n) is 2.34. The zero-order valence-corrected chi connectivity index (χ0v) is 13.9. The molecule has 0 aliphatic heterocycles. The van der Waals surface area contributed by atoms with Crippen LogP contribution in [0.1, 0.15) is 10.4 Å². The number of carboxylic acid groups (broad SMARTS) is 1. The van der Waals surface area contributed by atoms with Gasteiger partial charge >= 0.3 is 5.97 Å². The highest BCUT2D eigenvalue weighted by atomic mass is 79.9. The Hall–Kier alpha value is -1.16. The van der Waals surface area contributed by atoms with Gasteiger partial charge in [0.25, 0.3) is 10.0 Å². The minimum atomic E-state index is -3.93. The molecule has 1 aromatic carbocycles. The van der Waals surface area contributed by atoms with Gasteiger partial charge < -0.3 is 5.11 Å². The number of sulfonamides is 1. The molecule has 2 rings (SSSR count). The predicted molar refractivity (Wildman–Crippen MR) is 81.2 cm³/mol. The predicted octanol–water partition coefficient (Wildman–Crippen LogP) is 3.80. The fourth-order valence-corrected chi connectivity index (χ4v) is 4.87. The first-order chi connectivity index (χ1) is 9.70. The van der Waals surface area contributed by atoms with Gasteiger partial charge in [0.1, 0.15) is 10.0 Å². The SMILES string of the molecule is O=C(O)c1cc(NS(=O)(=O)c2cc(Cl)c(Br)s2)ccc1F. The van der Waals surface area contributed by atoms with Crippen LogP contribution in [0.25, 0.3) is 0 Å². The van der Waals surface area contributed by atoms with Gasteiger partial charge in [0.05, 0.1) is 14.4 Å². The summed E-state index contributed by atoms with van der Waals surface area (Å²) in [6.45, 7) is 0. The molecule has 1 aromatic heterocycles. The molecule has 0 radical (unpaired) electrons. The van der Waals surface area contributed by atoms with E-state index in [9.17, 15) is 17.6 Å². The van der Waals surface area contributed by atoms with Gasteiger partial charge in [0.15, 0.2) is 0 Å². The first-order valence-electron chi connectivity index (χ1n) is 5.21. The summed E-state index contributed by atoms with van der Waals surface area (Å²) in [6.07, 6.45) is 0. The second-order valence-corrected chi connectivity index (χ2v) is 8.48. The van der Waals surface area contributed by atoms with Crippen molar-refractivity contribution in [3.05, 3.63) is 44.5 Å². The highest BCUT2D eigenvalue weighted by molar-refractivity contribution is 9.11. The molecule has 0 atom stereocenters. The Morgan fingerprint density at radius 1 is 1.38 bits per heavy atom. The Balaban J connectivity index is 2.37. The van der Waals surface area contributed by atoms with E-state index in [1.807, 2.05) is 0 Å². The van der Waals surface area contributed by atoms with Crippen LogP contribution in [0.15, 0.2) is 32.3 Å². The standard InChI is InChI=1S/C11H6BrClFNO4S2/c12-10-7(13)4-9(20-10)21(18,19)15-5-1-2-8(14)6(3-5)11(16)17/h1-4,15H,(H,16,17). The number of nitrogens with one attached hydrogen (secondary N) is 1. The summed E-state index contributed by atoms with van der Waals surface area (Å²) in [5.74, 6) is -2.44. The quantitative estimate of drug-likeness (QED) is 0.797. The molecule has 1 heterocycles. The van der Waals surface area contributed by atoms with Crippen LogP contribution >= 0.6 is 38.9 Å². The molecule has 2 aromatic rings. The van der Waals surface area contributed by atoms with Crippen molar-refractivity contribution in [3.63, 3.8) is 0 Å². The Morgan fingerprint density at radius 2 is 2.05 bits per heavy atom. The normalized spacial score (nSPS) is 11.4. The largest absolute Gasteiger partial charge is 0.478 e. The summed E-state index contributed by atoms with van der Waals surface area (Å²) in [5, 5.41) is 9.05. The Labute approximate surface area is 136 Å². The van der Waals surface area contributed by atoms with Gasteiger partial charge in [0.2, 0.25) is 0 Å². The average molecular weight is 415 g/mol. The van der Waals surface area contributed by atoms with E-state index in [2.05, 4.69) is 20.7 Å². The lowest BCUT2D eigenvalue weighted by molar-refractivity contribution is 0.0692. The number of carbonyl (C=O) groups is 1. The van der Waals surface area contributed by atoms with E-state index in [1.165, 1.54) is 6.07 Å². The first-order valence-corrected chi connectivity index (χ1v) is 8.68. The van der Waals surface area contributed by atoms with E-state index < -0.39 is 27.4 Å². The minimum Gasteiger partial charge on any atom is -0.478 e. The van der Waals surface area contributed by atoms with Crippen LogP contribution < -0.4 is 4.72 Å². The maximum Gasteiger partial charge on any atom is 0.338 e. The number of hydrogen-bond donors (Lipinski definition) is 2. The molecule has 0 saturated carbocycles. The molecule has 21 heavy (non-hydrogen) atoms. The summed E-state index contributed by atoms with van der Waals surface area (Å²) in [6, 6.07) is 4.15. The Kier molecular flexibility index (Phi) is 4.57. The highest BCUT2D eigenvalue weighted by Crippen LogP contribution is 2.35. The number of aromatic carboxylic acids is 1. The topological polar surface area (TPSA) is 83.5 Å². The number of halogens is 3. The van der Waals surface area contributed by atoms with Crippen molar-refractivity contribution >= 4 is 60.5 Å². The molecule has 0 fully saturated rings. The van der Waals surface area contributed by atoms with E-state index >= 15 is 0 Å². The number of thiophene rings is 1. The average Bonchev–Trinajstić information content (AvgIpc) is 2.72. The molecule has 0 unspecified atom stereocenters. The molecule has 0 saturated heterocycles. The molecule has 112 valence electrons. The fourth-order valence-electron chi connectivity index (χ4n) is 1.42. The number of benzene rings is 1. The molecule has 0 aliphatic rings. The van der Waals surface area contributed by atoms with Crippen LogP contribution in [-0.4, -0.2) is 19.5 Å². The number of hydrogen-bond acceptors (Lipinski definition) is 4. The smallest absolute Gasteiger partial charge is 0.338 e. The summed E-state index contributed by atoms with van der Waals surface area (Å²) < 4.78 is 40.0. The maximum absolute atomic E-state index is 13.3. The molecule has 5 nitrogen and oxygen atoms in total. The summed E-state index contributed by atoms with van der Waals surface area (Å²) in [7, 11) is -3.93. The summed E-state index contributed by atoms with van der Waals surface area (Å²) in [4.78, 5) is 10.8. The van der Waals surface area contributed by atoms with E-state index in [0.29, 0.717) is 3.79 Å². The Bertz CT molecular complexity index is 802. The summed E-state index contributed by atoms with van der Waals surface area (Å²) in [5.41, 5.74) is -0.685. The van der Waals surface area contributed by atoms with Crippen LogP contribution in [-0.2, 0) is 10.0 Å². The van der Waals surface area contributed by atoms with Crippen LogP contribution in [0.2, 0.25) is 5.02 Å². The fraction of sp³-hybridized carbons (Fsp3) is 0. The lowest BCUT2D eigenvalue weighted by Crippen LogP contribution is -2.12. The molecule has 2 N–H and O–H groups in total. The number of anilines is 1. The van der Waals surface area contributed by atoms with E-state index in [-0.39, 0.29) is 14.9 Å². The molecular formula is C11H6BrClFNO4S2. The lowest BCUT2D eigenvalue weighted by Gasteiger charge is -2.07. The number of rotatable bonds is 4. The number of carboxylic acids is 1. The van der Waals surface area contributed by atoms with Crippen LogP contribution in [0.4, 0.5) is 10.1 Å². The van der Waals surface area contributed by atoms with Crippen LogP contribution in [0, 0.1) is 5.82 Å². The van der Waals surface area contributed by atoms with Crippen molar-refractivity contribution in [2.75, 3.05) is 4.72 Å². The Morgan fingerprint density at radius 3 is 2.57 bits per heavy atom. The molecule has 0 aliphatic carbocycles. The van der Waals surface area contributed by atoms with Gasteiger partial charge in [-0.1, -0.05) is 11.6 Å². The van der Waals surface area contributed by atoms with E-state index in [0.717, 1.165) is 29.5 Å². The van der Waals surface area contributed by atoms with Gasteiger partial charge in [-0.2, -0.15) is 0 Å². The molecule has 10 heteroatoms. The van der Waals surface area contributed by atoms with Crippen molar-refractivity contribution < 1.29 is 22.7 Å². The minimum absolute atomic E-state index is 0.0550. The zero-order chi connectivity index (χ0) is 15.8. The third-order valence-corrected chi connectivity index (χ3v) is 6.67. The van der Waals surface area contributed by atoms with Crippen molar-refractivity contribution in [1.29, 1.82) is 0 Å². The second-order valence-electron chi connectivity index (χ2n) is 3.79.